The van der Waals surface area contributed by atoms with Gasteiger partial charge in [0.1, 0.15) is 0 Å². The van der Waals surface area contributed by atoms with Gasteiger partial charge in [-0.25, -0.2) is 0 Å². The molecule has 0 nitrogen and oxygen atoms in total. The molecule has 0 rings (SSSR count). The van der Waals surface area contributed by atoms with E-state index in [9.17, 15) is 0 Å². The summed E-state index contributed by atoms with van der Waals surface area (Å²) in [5, 5.41) is 0. The highest BCUT2D eigenvalue weighted by atomic mass is 35.9. The van der Waals surface area contributed by atoms with Crippen LogP contribution >= 0.6 is 66.5 Å². The third kappa shape index (κ3) is 3.73. The normalized spacial score (nSPS) is 20.8. The summed E-state index contributed by atoms with van der Waals surface area (Å²) in [5.41, 5.74) is -5.70. The van der Waals surface area contributed by atoms with Gasteiger partial charge in [-0.2, -0.15) is 11.1 Å². The molecule has 0 N–H and O–H groups in total. The average molecular weight is 411 g/mol. The molecule has 0 spiro atoms. The summed E-state index contributed by atoms with van der Waals surface area (Å²) >= 11 is 38.5. The van der Waals surface area contributed by atoms with E-state index >= 15 is 0 Å². The lowest BCUT2D eigenvalue weighted by Gasteiger charge is -2.44. The van der Waals surface area contributed by atoms with E-state index in [2.05, 4.69) is 27.7 Å². The van der Waals surface area contributed by atoms with E-state index < -0.39 is 18.2 Å². The Labute approximate surface area is 135 Å². The van der Waals surface area contributed by atoms with Crippen LogP contribution in [-0.2, 0) is 0 Å². The Morgan fingerprint density at radius 3 is 1.24 bits per heavy atom. The summed E-state index contributed by atoms with van der Waals surface area (Å²) in [7, 11) is 0. The molecule has 0 bridgehead atoms. The van der Waals surface area contributed by atoms with E-state index in [1.165, 1.54) is 0 Å². The number of rotatable bonds is 6. The summed E-state index contributed by atoms with van der Waals surface area (Å²) in [6, 6.07) is 0. The first-order valence-electron chi connectivity index (χ1n) is 5.60. The molecule has 104 valence electrons. The Balaban J connectivity index is 5.63. The first-order chi connectivity index (χ1) is 7.46. The molecule has 2 atom stereocenters. The number of hydrogen-bond donors (Lipinski definition) is 0. The lowest BCUT2D eigenvalue weighted by Crippen LogP contribution is -2.66. The van der Waals surface area contributed by atoms with E-state index in [1.54, 1.807) is 0 Å². The Morgan fingerprint density at radius 2 is 1.06 bits per heavy atom. The lowest BCUT2D eigenvalue weighted by atomic mass is 10.4. The van der Waals surface area contributed by atoms with Crippen molar-refractivity contribution < 1.29 is 0 Å². The molecular weight excluding hydrogens is 393 g/mol. The van der Waals surface area contributed by atoms with E-state index in [0.717, 1.165) is 12.8 Å². The second-order valence-electron chi connectivity index (χ2n) is 4.46. The molecule has 0 aromatic rings. The van der Waals surface area contributed by atoms with Gasteiger partial charge in [-0.3, -0.25) is 0 Å². The van der Waals surface area contributed by atoms with Crippen molar-refractivity contribution in [2.75, 3.05) is 0 Å². The third-order valence-corrected chi connectivity index (χ3v) is 59.8. The van der Waals surface area contributed by atoms with Crippen LogP contribution in [0.3, 0.4) is 0 Å². The van der Waals surface area contributed by atoms with Gasteiger partial charge >= 0.3 is 5.52 Å². The van der Waals surface area contributed by atoms with Gasteiger partial charge in [-0.15, -0.1) is 55.4 Å². The van der Waals surface area contributed by atoms with Gasteiger partial charge in [0.25, 0.3) is 5.73 Å². The van der Waals surface area contributed by atoms with Crippen LogP contribution in [0.1, 0.15) is 40.5 Å². The summed E-state index contributed by atoms with van der Waals surface area (Å²) in [4.78, 5) is 0. The minimum absolute atomic E-state index is 0.254. The van der Waals surface area contributed by atoms with Crippen molar-refractivity contribution >= 4 is 84.6 Å². The Morgan fingerprint density at radius 1 is 0.765 bits per heavy atom. The maximum absolute atomic E-state index is 6.93. The van der Waals surface area contributed by atoms with Crippen molar-refractivity contribution in [3.05, 3.63) is 0 Å². The minimum Gasteiger partial charge on any atom is -0.167 e. The second kappa shape index (κ2) is 6.90. The van der Waals surface area contributed by atoms with Gasteiger partial charge < -0.3 is 0 Å². The quantitative estimate of drug-likeness (QED) is 0.346. The first kappa shape index (κ1) is 19.4. The monoisotopic (exact) mass is 408 g/mol. The van der Waals surface area contributed by atoms with E-state index in [4.69, 9.17) is 66.5 Å². The molecule has 0 aliphatic rings. The molecule has 0 saturated heterocycles. The summed E-state index contributed by atoms with van der Waals surface area (Å²) in [6.45, 7) is 5.82. The van der Waals surface area contributed by atoms with Crippen molar-refractivity contribution in [3.63, 3.8) is 0 Å². The maximum atomic E-state index is 6.93. The van der Waals surface area contributed by atoms with Crippen LogP contribution in [0.4, 0.5) is 0 Å². The van der Waals surface area contributed by atoms with Crippen LogP contribution in [0.25, 0.3) is 0 Å². The highest BCUT2D eigenvalue weighted by molar-refractivity contribution is 8.16. The highest BCUT2D eigenvalue weighted by Crippen LogP contribution is 2.55. The maximum Gasteiger partial charge on any atom is 0.357 e. The molecule has 2 unspecified atom stereocenters. The fourth-order valence-electron chi connectivity index (χ4n) is 1.92. The van der Waals surface area contributed by atoms with E-state index in [-0.39, 0.29) is 11.1 Å². The van der Waals surface area contributed by atoms with Gasteiger partial charge in [0.2, 0.25) is 0 Å². The van der Waals surface area contributed by atoms with Crippen LogP contribution in [0, 0.1) is 0 Å². The van der Waals surface area contributed by atoms with Crippen molar-refractivity contribution in [3.8, 4) is 0 Å². The van der Waals surface area contributed by atoms with Crippen LogP contribution in [0.5, 0.6) is 0 Å². The lowest BCUT2D eigenvalue weighted by molar-refractivity contribution is 0.788. The van der Waals surface area contributed by atoms with Crippen LogP contribution < -0.4 is 0 Å². The average Bonchev–Trinajstić information content (AvgIpc) is 2.23. The molecular formula is C8H18Cl6Si3. The smallest absolute Gasteiger partial charge is 0.167 e. The van der Waals surface area contributed by atoms with Crippen LogP contribution in [0.15, 0.2) is 0 Å². The molecule has 0 aliphatic heterocycles. The van der Waals surface area contributed by atoms with Crippen molar-refractivity contribution in [2.45, 2.75) is 51.6 Å². The molecule has 0 heterocycles. The largest absolute Gasteiger partial charge is 0.357 e. The van der Waals surface area contributed by atoms with E-state index in [0.29, 0.717) is 0 Å². The summed E-state index contributed by atoms with van der Waals surface area (Å²) < 4.78 is 0. The molecule has 0 fully saturated rings. The van der Waals surface area contributed by atoms with Crippen molar-refractivity contribution in [1.29, 1.82) is 0 Å². The van der Waals surface area contributed by atoms with Crippen molar-refractivity contribution in [1.82, 2.24) is 0 Å². The zero-order valence-corrected chi connectivity index (χ0v) is 17.9. The molecule has 17 heavy (non-hydrogen) atoms. The van der Waals surface area contributed by atoms with Gasteiger partial charge in [0, 0.05) is 0 Å². The van der Waals surface area contributed by atoms with Gasteiger partial charge in [-0.05, 0) is 11.1 Å². The van der Waals surface area contributed by atoms with Crippen LogP contribution in [-0.4, -0.2) is 18.2 Å². The fourth-order valence-corrected chi connectivity index (χ4v) is 48.4. The molecule has 0 aromatic carbocycles. The highest BCUT2D eigenvalue weighted by Gasteiger charge is 2.70. The summed E-state index contributed by atoms with van der Waals surface area (Å²) in [5.74, 6) is 0. The predicted octanol–water partition coefficient (Wildman–Crippen LogP) is 6.50. The molecule has 0 aromatic heterocycles. The molecule has 0 saturated carbocycles. The van der Waals surface area contributed by atoms with Gasteiger partial charge in [0.05, 0.1) is 0 Å². The molecule has 0 radical (unpaired) electrons. The Hall–Kier alpha value is 2.39. The molecule has 0 amide bonds. The van der Waals surface area contributed by atoms with Crippen LogP contribution in [0.2, 0.25) is 11.1 Å². The van der Waals surface area contributed by atoms with E-state index in [1.807, 2.05) is 0 Å². The summed E-state index contributed by atoms with van der Waals surface area (Å²) in [6.07, 6.45) is 1.84. The number of hydrogen-bond acceptors (Lipinski definition) is 0. The fraction of sp³-hybridized carbons (Fsp3) is 1.00. The third-order valence-electron chi connectivity index (χ3n) is 3.50. The number of halogens is 6. The minimum atomic E-state index is -3.16. The van der Waals surface area contributed by atoms with Crippen molar-refractivity contribution in [2.24, 2.45) is 0 Å². The molecule has 0 aliphatic carbocycles. The standard InChI is InChI=1S/C8H18Cl6Si3/c1-5-7(3)15(9,8(4)6-2)17(13,14)16(10,11)12/h7-8H,5-6H2,1-4H3. The predicted molar refractivity (Wildman–Crippen MR) is 91.8 cm³/mol. The Bertz CT molecular complexity index is 244. The van der Waals surface area contributed by atoms with Gasteiger partial charge in [-0.1, -0.05) is 40.5 Å². The zero-order valence-electron chi connectivity index (χ0n) is 10.3. The Kier molecular flexibility index (Phi) is 7.87. The second-order valence-corrected chi connectivity index (χ2v) is 41.2. The molecule has 9 heteroatoms. The SMILES string of the molecule is CCC(C)[Si](Cl)(C(C)CC)[Si](Cl)(Cl)[Si](Cl)(Cl)Cl. The zero-order chi connectivity index (χ0) is 14.1. The topological polar surface area (TPSA) is 0 Å². The first-order valence-corrected chi connectivity index (χ1v) is 19.8. The van der Waals surface area contributed by atoms with Gasteiger partial charge in [0.15, 0.2) is 6.90 Å².